The average molecular weight is 303 g/mol. The summed E-state index contributed by atoms with van der Waals surface area (Å²) in [5.74, 6) is 1.99. The molecule has 1 aliphatic heterocycles. The lowest BCUT2D eigenvalue weighted by molar-refractivity contribution is -0.132. The van der Waals surface area contributed by atoms with Gasteiger partial charge in [0.1, 0.15) is 0 Å². The Morgan fingerprint density at radius 3 is 2.50 bits per heavy atom. The minimum absolute atomic E-state index is 0. The van der Waals surface area contributed by atoms with Crippen molar-refractivity contribution in [3.63, 3.8) is 0 Å². The number of rotatable bonds is 2. The lowest BCUT2D eigenvalue weighted by atomic mass is 9.78. The van der Waals surface area contributed by atoms with Crippen LogP contribution in [0.15, 0.2) is 0 Å². The minimum atomic E-state index is 0. The molecule has 0 bridgehead atoms. The Hall–Kier alpha value is -0.280. The molecule has 0 aromatic carbocycles. The summed E-state index contributed by atoms with van der Waals surface area (Å²) >= 11 is 0. The fourth-order valence-corrected chi connectivity index (χ4v) is 3.42. The summed E-state index contributed by atoms with van der Waals surface area (Å²) in [5.41, 5.74) is 6.42. The molecule has 1 heterocycles. The van der Waals surface area contributed by atoms with E-state index in [1.54, 1.807) is 0 Å². The van der Waals surface area contributed by atoms with Gasteiger partial charge in [-0.15, -0.1) is 12.4 Å². The maximum atomic E-state index is 12.4. The van der Waals surface area contributed by atoms with Crippen molar-refractivity contribution >= 4 is 18.3 Å². The van der Waals surface area contributed by atoms with Crippen molar-refractivity contribution in [3.05, 3.63) is 0 Å². The first kappa shape index (κ1) is 17.8. The molecule has 1 amide bonds. The Kier molecular flexibility index (Phi) is 5.91. The van der Waals surface area contributed by atoms with E-state index < -0.39 is 0 Å². The van der Waals surface area contributed by atoms with Crippen LogP contribution in [0.5, 0.6) is 0 Å². The predicted molar refractivity (Wildman–Crippen MR) is 85.9 cm³/mol. The van der Waals surface area contributed by atoms with Gasteiger partial charge in [0, 0.05) is 25.6 Å². The number of halogens is 1. The molecular weight excluding hydrogens is 272 g/mol. The second kappa shape index (κ2) is 6.65. The van der Waals surface area contributed by atoms with Crippen LogP contribution in [0, 0.1) is 23.2 Å². The van der Waals surface area contributed by atoms with Gasteiger partial charge in [-0.25, -0.2) is 0 Å². The van der Waals surface area contributed by atoms with Gasteiger partial charge >= 0.3 is 0 Å². The number of carbonyl (C=O) groups is 1. The van der Waals surface area contributed by atoms with E-state index in [4.69, 9.17) is 5.73 Å². The number of carbonyl (C=O) groups excluding carboxylic acids is 1. The minimum Gasteiger partial charge on any atom is -0.342 e. The second-order valence-corrected chi connectivity index (χ2v) is 7.79. The number of hydrogen-bond donors (Lipinski definition) is 1. The summed E-state index contributed by atoms with van der Waals surface area (Å²) in [4.78, 5) is 14.5. The van der Waals surface area contributed by atoms with Crippen molar-refractivity contribution in [1.29, 1.82) is 0 Å². The third-order valence-corrected chi connectivity index (χ3v) is 5.47. The fourth-order valence-electron chi connectivity index (χ4n) is 3.42. The smallest absolute Gasteiger partial charge is 0.222 e. The van der Waals surface area contributed by atoms with Crippen molar-refractivity contribution in [2.24, 2.45) is 28.9 Å². The van der Waals surface area contributed by atoms with Crippen molar-refractivity contribution in [3.8, 4) is 0 Å². The molecule has 1 saturated carbocycles. The molecule has 118 valence electrons. The van der Waals surface area contributed by atoms with E-state index in [1.807, 2.05) is 0 Å². The van der Waals surface area contributed by atoms with Gasteiger partial charge in [0.2, 0.25) is 5.91 Å². The number of fused-ring (bicyclic) bond motifs is 1. The van der Waals surface area contributed by atoms with Crippen LogP contribution in [0.2, 0.25) is 0 Å². The van der Waals surface area contributed by atoms with Gasteiger partial charge in [-0.1, -0.05) is 34.1 Å². The first-order valence-corrected chi connectivity index (χ1v) is 7.82. The zero-order chi connectivity index (χ0) is 14.2. The second-order valence-electron chi connectivity index (χ2n) is 7.79. The van der Waals surface area contributed by atoms with Crippen molar-refractivity contribution in [2.75, 3.05) is 13.1 Å². The van der Waals surface area contributed by atoms with Gasteiger partial charge in [-0.2, -0.15) is 0 Å². The summed E-state index contributed by atoms with van der Waals surface area (Å²) in [6.45, 7) is 10.7. The highest BCUT2D eigenvalue weighted by atomic mass is 35.5. The molecule has 20 heavy (non-hydrogen) atoms. The van der Waals surface area contributed by atoms with Gasteiger partial charge in [0.25, 0.3) is 0 Å². The average Bonchev–Trinajstić information content (AvgIpc) is 2.73. The molecule has 0 radical (unpaired) electrons. The van der Waals surface area contributed by atoms with Crippen molar-refractivity contribution < 1.29 is 4.79 Å². The molecule has 2 rings (SSSR count). The van der Waals surface area contributed by atoms with E-state index in [0.717, 1.165) is 19.5 Å². The van der Waals surface area contributed by atoms with E-state index in [1.165, 1.54) is 12.8 Å². The van der Waals surface area contributed by atoms with Gasteiger partial charge in [0.05, 0.1) is 0 Å². The Morgan fingerprint density at radius 2 is 1.95 bits per heavy atom. The first-order chi connectivity index (χ1) is 8.79. The molecular formula is C16H31ClN2O. The van der Waals surface area contributed by atoms with Crippen LogP contribution in [0.3, 0.4) is 0 Å². The van der Waals surface area contributed by atoms with E-state index in [2.05, 4.69) is 32.6 Å². The molecule has 4 heteroatoms. The van der Waals surface area contributed by atoms with Crippen LogP contribution >= 0.6 is 12.4 Å². The first-order valence-electron chi connectivity index (χ1n) is 7.82. The van der Waals surface area contributed by atoms with Crippen LogP contribution in [0.1, 0.15) is 53.4 Å². The van der Waals surface area contributed by atoms with Crippen LogP contribution in [0.4, 0.5) is 0 Å². The maximum Gasteiger partial charge on any atom is 0.222 e. The molecule has 4 unspecified atom stereocenters. The van der Waals surface area contributed by atoms with E-state index in [0.29, 0.717) is 36.1 Å². The predicted octanol–water partition coefficient (Wildman–Crippen LogP) is 3.07. The molecule has 3 nitrogen and oxygen atoms in total. The molecule has 2 aliphatic rings. The zero-order valence-corrected chi connectivity index (χ0v) is 14.2. The highest BCUT2D eigenvalue weighted by Gasteiger charge is 2.40. The van der Waals surface area contributed by atoms with Gasteiger partial charge in [-0.05, 0) is 36.0 Å². The van der Waals surface area contributed by atoms with E-state index in [-0.39, 0.29) is 17.8 Å². The lowest BCUT2D eigenvalue weighted by Crippen LogP contribution is -2.38. The molecule has 1 saturated heterocycles. The SMILES string of the molecule is CC(CC(=O)N1CC2CCCC(N)C2C1)C(C)(C)C.Cl. The molecule has 1 aliphatic carbocycles. The number of likely N-dealkylation sites (tertiary alicyclic amines) is 1. The normalized spacial score (nSPS) is 31.4. The monoisotopic (exact) mass is 302 g/mol. The van der Waals surface area contributed by atoms with Crippen LogP contribution in [-0.2, 0) is 4.79 Å². The molecule has 2 fully saturated rings. The zero-order valence-electron chi connectivity index (χ0n) is 13.4. The Morgan fingerprint density at radius 1 is 1.30 bits per heavy atom. The number of nitrogens with zero attached hydrogens (tertiary/aromatic N) is 1. The Bertz CT molecular complexity index is 340. The summed E-state index contributed by atoms with van der Waals surface area (Å²) in [6.07, 6.45) is 4.32. The largest absolute Gasteiger partial charge is 0.342 e. The van der Waals surface area contributed by atoms with E-state index in [9.17, 15) is 4.79 Å². The topological polar surface area (TPSA) is 46.3 Å². The van der Waals surface area contributed by atoms with Gasteiger partial charge in [-0.3, -0.25) is 4.79 Å². The summed E-state index contributed by atoms with van der Waals surface area (Å²) in [5, 5.41) is 0. The summed E-state index contributed by atoms with van der Waals surface area (Å²) < 4.78 is 0. The third kappa shape index (κ3) is 3.88. The molecule has 0 spiro atoms. The maximum absolute atomic E-state index is 12.4. The highest BCUT2D eigenvalue weighted by molar-refractivity contribution is 5.85. The number of nitrogens with two attached hydrogens (primary N) is 1. The number of hydrogen-bond acceptors (Lipinski definition) is 2. The molecule has 2 N–H and O–H groups in total. The van der Waals surface area contributed by atoms with Crippen LogP contribution < -0.4 is 5.73 Å². The third-order valence-electron chi connectivity index (χ3n) is 5.47. The lowest BCUT2D eigenvalue weighted by Gasteiger charge is -2.29. The summed E-state index contributed by atoms with van der Waals surface area (Å²) in [6, 6.07) is 0.316. The molecule has 0 aromatic heterocycles. The van der Waals surface area contributed by atoms with Crippen molar-refractivity contribution in [2.45, 2.75) is 59.4 Å². The fraction of sp³-hybridized carbons (Fsp3) is 0.938. The van der Waals surface area contributed by atoms with Crippen LogP contribution in [-0.4, -0.2) is 29.9 Å². The Balaban J connectivity index is 0.00000200. The molecule has 4 atom stereocenters. The van der Waals surface area contributed by atoms with Crippen LogP contribution in [0.25, 0.3) is 0 Å². The standard InChI is InChI=1S/C16H30N2O.ClH/c1-11(16(2,3)4)8-15(19)18-9-12-6-5-7-14(17)13(12)10-18;/h11-14H,5-10,17H2,1-4H3;1H. The quantitative estimate of drug-likeness (QED) is 0.852. The van der Waals surface area contributed by atoms with Gasteiger partial charge < -0.3 is 10.6 Å². The van der Waals surface area contributed by atoms with Crippen molar-refractivity contribution in [1.82, 2.24) is 4.90 Å². The highest BCUT2D eigenvalue weighted by Crippen LogP contribution is 2.36. The number of amides is 1. The van der Waals surface area contributed by atoms with Gasteiger partial charge in [0.15, 0.2) is 0 Å². The van der Waals surface area contributed by atoms with E-state index >= 15 is 0 Å². The summed E-state index contributed by atoms with van der Waals surface area (Å²) in [7, 11) is 0. The Labute approximate surface area is 130 Å². The molecule has 0 aromatic rings.